The van der Waals surface area contributed by atoms with Crippen LogP contribution in [-0.2, 0) is 4.79 Å². The summed E-state index contributed by atoms with van der Waals surface area (Å²) in [5.41, 5.74) is 0.848. The van der Waals surface area contributed by atoms with Crippen molar-refractivity contribution in [2.75, 3.05) is 56.1 Å². The number of halogens is 1. The van der Waals surface area contributed by atoms with Crippen LogP contribution in [0, 0.1) is 0 Å². The normalized spacial score (nSPS) is 13.4. The molecule has 36 heavy (non-hydrogen) atoms. The van der Waals surface area contributed by atoms with Crippen LogP contribution in [0.5, 0.6) is 5.75 Å². The fraction of sp³-hybridized carbons (Fsp3) is 0.360. The maximum atomic E-state index is 13.1. The summed E-state index contributed by atoms with van der Waals surface area (Å²) in [6.45, 7) is 7.37. The number of anilines is 2. The molecule has 2 aromatic heterocycles. The van der Waals surface area contributed by atoms with Gasteiger partial charge in [-0.1, -0.05) is 11.6 Å². The van der Waals surface area contributed by atoms with Gasteiger partial charge in [0.05, 0.1) is 6.61 Å². The molecule has 1 aliphatic heterocycles. The van der Waals surface area contributed by atoms with Crippen LogP contribution >= 0.6 is 22.9 Å². The zero-order chi connectivity index (χ0) is 25.5. The monoisotopic (exact) mass is 528 g/mol. The average molecular weight is 529 g/mol. The molecule has 1 aromatic carbocycles. The largest absolute Gasteiger partial charge is 0.492 e. The first-order valence-electron chi connectivity index (χ1n) is 11.8. The highest BCUT2D eigenvalue weighted by molar-refractivity contribution is 7.12. The summed E-state index contributed by atoms with van der Waals surface area (Å²) < 4.78 is 5.61. The summed E-state index contributed by atoms with van der Waals surface area (Å²) in [6.07, 6.45) is 0. The summed E-state index contributed by atoms with van der Waals surface area (Å²) in [6, 6.07) is 11.1. The first-order valence-corrected chi connectivity index (χ1v) is 13.1. The molecule has 2 N–H and O–H groups in total. The molecule has 1 fully saturated rings. The van der Waals surface area contributed by atoms with Gasteiger partial charge < -0.3 is 25.2 Å². The summed E-state index contributed by atoms with van der Waals surface area (Å²) in [5.74, 6) is 2.57. The maximum absolute atomic E-state index is 13.1. The van der Waals surface area contributed by atoms with Crippen LogP contribution in [-0.4, -0.2) is 72.6 Å². The Labute approximate surface area is 219 Å². The van der Waals surface area contributed by atoms with Crippen LogP contribution in [0.3, 0.4) is 0 Å². The van der Waals surface area contributed by atoms with Crippen molar-refractivity contribution in [2.24, 2.45) is 0 Å². The maximum Gasteiger partial charge on any atom is 0.267 e. The van der Waals surface area contributed by atoms with Gasteiger partial charge in [0.1, 0.15) is 22.3 Å². The number of carbonyl (C=O) groups is 2. The number of hydrogen-bond acceptors (Lipinski definition) is 8. The molecular weight excluding hydrogens is 500 g/mol. The smallest absolute Gasteiger partial charge is 0.267 e. The predicted molar refractivity (Wildman–Crippen MR) is 143 cm³/mol. The summed E-state index contributed by atoms with van der Waals surface area (Å²) >= 11 is 7.47. The second-order valence-corrected chi connectivity index (χ2v) is 9.53. The molecular formula is C25H29ClN6O3S. The summed E-state index contributed by atoms with van der Waals surface area (Å²) in [5, 5.41) is 8.56. The number of rotatable bonds is 9. The van der Waals surface area contributed by atoms with Crippen LogP contribution < -0.4 is 20.3 Å². The minimum atomic E-state index is -0.0784. The molecule has 1 saturated heterocycles. The first-order chi connectivity index (χ1) is 17.4. The van der Waals surface area contributed by atoms with E-state index in [0.29, 0.717) is 73.2 Å². The standard InChI is InChI=1S/C25H29ClN6O3S/c1-3-35-20-8-15-36-23(20)25(34)32-13-11-31(12-14-32)22-16-21(28-10-9-27-17(2)33)29-24(30-22)18-4-6-19(26)7-5-18/h4-8,15-16H,3,9-14H2,1-2H3,(H,27,33)(H,28,29,30). The molecule has 2 amide bonds. The number of carbonyl (C=O) groups excluding carboxylic acids is 2. The van der Waals surface area contributed by atoms with Crippen molar-refractivity contribution in [3.05, 3.63) is 51.7 Å². The molecule has 4 rings (SSSR count). The molecule has 0 aliphatic carbocycles. The lowest BCUT2D eigenvalue weighted by molar-refractivity contribution is -0.118. The van der Waals surface area contributed by atoms with E-state index >= 15 is 0 Å². The first kappa shape index (κ1) is 25.7. The molecule has 0 spiro atoms. The Balaban J connectivity index is 1.49. The molecule has 190 valence electrons. The highest BCUT2D eigenvalue weighted by Gasteiger charge is 2.26. The van der Waals surface area contributed by atoms with Gasteiger partial charge in [-0.05, 0) is 42.6 Å². The van der Waals surface area contributed by atoms with Gasteiger partial charge in [0.15, 0.2) is 5.82 Å². The summed E-state index contributed by atoms with van der Waals surface area (Å²) in [4.78, 5) is 38.4. The Hall–Kier alpha value is -3.37. The molecule has 1 aliphatic rings. The third kappa shape index (κ3) is 6.44. The number of benzene rings is 1. The lowest BCUT2D eigenvalue weighted by atomic mass is 10.2. The van der Waals surface area contributed by atoms with Crippen LogP contribution in [0.15, 0.2) is 41.8 Å². The van der Waals surface area contributed by atoms with Gasteiger partial charge in [0, 0.05) is 62.8 Å². The van der Waals surface area contributed by atoms with Gasteiger partial charge >= 0.3 is 0 Å². The van der Waals surface area contributed by atoms with Gasteiger partial charge in [-0.15, -0.1) is 11.3 Å². The van der Waals surface area contributed by atoms with E-state index in [1.807, 2.05) is 53.6 Å². The average Bonchev–Trinajstić information content (AvgIpc) is 3.35. The fourth-order valence-electron chi connectivity index (χ4n) is 3.85. The molecule has 3 aromatic rings. The number of nitrogens with zero attached hydrogens (tertiary/aromatic N) is 4. The number of nitrogens with one attached hydrogen (secondary N) is 2. The molecule has 3 heterocycles. The molecule has 0 radical (unpaired) electrons. The minimum absolute atomic E-state index is 0.00188. The van der Waals surface area contributed by atoms with Crippen LogP contribution in [0.25, 0.3) is 11.4 Å². The molecule has 0 bridgehead atoms. The summed E-state index contributed by atoms with van der Waals surface area (Å²) in [7, 11) is 0. The van der Waals surface area contributed by atoms with Crippen molar-refractivity contribution in [3.63, 3.8) is 0 Å². The van der Waals surface area contributed by atoms with Crippen LogP contribution in [0.4, 0.5) is 11.6 Å². The van der Waals surface area contributed by atoms with E-state index in [0.717, 1.165) is 11.4 Å². The number of piperazine rings is 1. The van der Waals surface area contributed by atoms with Crippen molar-refractivity contribution >= 4 is 46.4 Å². The topological polar surface area (TPSA) is 99.7 Å². The molecule has 0 atom stereocenters. The zero-order valence-electron chi connectivity index (χ0n) is 20.3. The molecule has 9 nitrogen and oxygen atoms in total. The quantitative estimate of drug-likeness (QED) is 0.408. The van der Waals surface area contributed by atoms with Crippen molar-refractivity contribution in [3.8, 4) is 17.1 Å². The van der Waals surface area contributed by atoms with Crippen LogP contribution in [0.2, 0.25) is 5.02 Å². The Bertz CT molecular complexity index is 1190. The van der Waals surface area contributed by atoms with E-state index in [1.165, 1.54) is 18.3 Å². The highest BCUT2D eigenvalue weighted by Crippen LogP contribution is 2.28. The Morgan fingerprint density at radius 2 is 1.83 bits per heavy atom. The lowest BCUT2D eigenvalue weighted by Gasteiger charge is -2.35. The molecule has 0 unspecified atom stereocenters. The van der Waals surface area contributed by atoms with Gasteiger partial charge in [-0.2, -0.15) is 0 Å². The van der Waals surface area contributed by atoms with Crippen molar-refractivity contribution in [1.29, 1.82) is 0 Å². The molecule has 0 saturated carbocycles. The Morgan fingerprint density at radius 1 is 1.08 bits per heavy atom. The fourth-order valence-corrected chi connectivity index (χ4v) is 4.78. The van der Waals surface area contributed by atoms with Crippen molar-refractivity contribution < 1.29 is 14.3 Å². The van der Waals surface area contributed by atoms with Gasteiger partial charge in [0.2, 0.25) is 5.91 Å². The number of hydrogen-bond donors (Lipinski definition) is 2. The third-order valence-corrected chi connectivity index (χ3v) is 6.77. The third-order valence-electron chi connectivity index (χ3n) is 5.63. The van der Waals surface area contributed by atoms with E-state index in [2.05, 4.69) is 20.5 Å². The van der Waals surface area contributed by atoms with Gasteiger partial charge in [-0.25, -0.2) is 9.97 Å². The molecule has 11 heteroatoms. The van der Waals surface area contributed by atoms with Gasteiger partial charge in [0.25, 0.3) is 5.91 Å². The number of thiophene rings is 1. The van der Waals surface area contributed by atoms with Gasteiger partial charge in [-0.3, -0.25) is 9.59 Å². The minimum Gasteiger partial charge on any atom is -0.492 e. The second kappa shape index (κ2) is 12.0. The zero-order valence-corrected chi connectivity index (χ0v) is 21.9. The lowest BCUT2D eigenvalue weighted by Crippen LogP contribution is -2.49. The van der Waals surface area contributed by atoms with E-state index in [9.17, 15) is 9.59 Å². The Morgan fingerprint density at radius 3 is 2.53 bits per heavy atom. The van der Waals surface area contributed by atoms with E-state index in [4.69, 9.17) is 21.3 Å². The highest BCUT2D eigenvalue weighted by atomic mass is 35.5. The van der Waals surface area contributed by atoms with E-state index in [-0.39, 0.29) is 11.8 Å². The SMILES string of the molecule is CCOc1ccsc1C(=O)N1CCN(c2cc(NCCNC(C)=O)nc(-c3ccc(Cl)cc3)n2)CC1. The number of aromatic nitrogens is 2. The van der Waals surface area contributed by atoms with E-state index < -0.39 is 0 Å². The van der Waals surface area contributed by atoms with Crippen LogP contribution in [0.1, 0.15) is 23.5 Å². The number of ether oxygens (including phenoxy) is 1. The predicted octanol–water partition coefficient (Wildman–Crippen LogP) is 3.77. The van der Waals surface area contributed by atoms with Crippen molar-refractivity contribution in [2.45, 2.75) is 13.8 Å². The van der Waals surface area contributed by atoms with Crippen molar-refractivity contribution in [1.82, 2.24) is 20.2 Å². The second-order valence-electron chi connectivity index (χ2n) is 8.18. The number of amides is 2. The van der Waals surface area contributed by atoms with E-state index in [1.54, 1.807) is 0 Å². The Kier molecular flexibility index (Phi) is 8.61.